The van der Waals surface area contributed by atoms with Crippen LogP contribution in [0, 0.1) is 11.8 Å². The number of hydrogen-bond acceptors (Lipinski definition) is 2. The topological polar surface area (TPSA) is 29.5 Å². The van der Waals surface area contributed by atoms with Crippen LogP contribution in [0.1, 0.15) is 51.4 Å². The lowest BCUT2D eigenvalue weighted by molar-refractivity contribution is -0.143. The van der Waals surface area contributed by atoms with Crippen molar-refractivity contribution in [3.63, 3.8) is 0 Å². The molecule has 1 heterocycles. The van der Waals surface area contributed by atoms with Crippen molar-refractivity contribution in [3.8, 4) is 0 Å². The Balaban J connectivity index is 1.93. The number of likely N-dealkylation sites (tertiary alicyclic amines) is 1. The van der Waals surface area contributed by atoms with E-state index in [1.807, 2.05) is 4.90 Å². The van der Waals surface area contributed by atoms with Crippen LogP contribution in [-0.2, 0) is 9.53 Å². The minimum atomic E-state index is -2.65. The standard InChI is InChI=1S/C16H27F2NO2/c1-21-10-7-13-5-2-3-9-19(12-13)15(20)14-6-4-8-16(17,18)11-14/h13-14H,2-12H2,1H3. The number of carbonyl (C=O) groups excluding carboxylic acids is 1. The molecule has 1 aliphatic carbocycles. The van der Waals surface area contributed by atoms with E-state index in [2.05, 4.69) is 0 Å². The second kappa shape index (κ2) is 7.52. The zero-order valence-corrected chi connectivity index (χ0v) is 13.0. The van der Waals surface area contributed by atoms with E-state index < -0.39 is 11.8 Å². The van der Waals surface area contributed by atoms with Gasteiger partial charge in [0.2, 0.25) is 11.8 Å². The third-order valence-electron chi connectivity index (χ3n) is 4.80. The van der Waals surface area contributed by atoms with Crippen LogP contribution in [-0.4, -0.2) is 43.5 Å². The second-order valence-corrected chi connectivity index (χ2v) is 6.58. The fraction of sp³-hybridized carbons (Fsp3) is 0.938. The highest BCUT2D eigenvalue weighted by molar-refractivity contribution is 5.79. The molecular formula is C16H27F2NO2. The van der Waals surface area contributed by atoms with Gasteiger partial charge in [-0.1, -0.05) is 6.42 Å². The molecule has 0 spiro atoms. The van der Waals surface area contributed by atoms with E-state index in [1.165, 1.54) is 0 Å². The Morgan fingerprint density at radius 3 is 2.81 bits per heavy atom. The first-order chi connectivity index (χ1) is 10.0. The molecule has 3 nitrogen and oxygen atoms in total. The molecule has 0 aromatic carbocycles. The minimum Gasteiger partial charge on any atom is -0.385 e. The lowest BCUT2D eigenvalue weighted by Gasteiger charge is -2.33. The quantitative estimate of drug-likeness (QED) is 0.796. The third kappa shape index (κ3) is 4.90. The van der Waals surface area contributed by atoms with Crippen molar-refractivity contribution >= 4 is 5.91 Å². The van der Waals surface area contributed by atoms with Crippen LogP contribution in [0.4, 0.5) is 8.78 Å². The molecule has 122 valence electrons. The number of ether oxygens (including phenoxy) is 1. The Morgan fingerprint density at radius 1 is 1.29 bits per heavy atom. The summed E-state index contributed by atoms with van der Waals surface area (Å²) < 4.78 is 32.2. The maximum absolute atomic E-state index is 13.5. The lowest BCUT2D eigenvalue weighted by Crippen LogP contribution is -2.42. The van der Waals surface area contributed by atoms with E-state index >= 15 is 0 Å². The second-order valence-electron chi connectivity index (χ2n) is 6.58. The number of rotatable bonds is 4. The maximum atomic E-state index is 13.5. The molecule has 1 amide bonds. The Bertz CT molecular complexity index is 349. The molecule has 21 heavy (non-hydrogen) atoms. The highest BCUT2D eigenvalue weighted by Crippen LogP contribution is 2.37. The van der Waals surface area contributed by atoms with E-state index in [1.54, 1.807) is 7.11 Å². The van der Waals surface area contributed by atoms with Gasteiger partial charge in [-0.25, -0.2) is 8.78 Å². The van der Waals surface area contributed by atoms with Gasteiger partial charge >= 0.3 is 0 Å². The molecule has 1 aliphatic heterocycles. The number of alkyl halides is 2. The number of amides is 1. The van der Waals surface area contributed by atoms with Gasteiger partial charge in [-0.2, -0.15) is 0 Å². The predicted molar refractivity (Wildman–Crippen MR) is 77.3 cm³/mol. The Labute approximate surface area is 126 Å². The van der Waals surface area contributed by atoms with Gasteiger partial charge in [0.15, 0.2) is 0 Å². The van der Waals surface area contributed by atoms with Crippen LogP contribution < -0.4 is 0 Å². The molecule has 0 aromatic heterocycles. The molecule has 2 unspecified atom stereocenters. The van der Waals surface area contributed by atoms with Gasteiger partial charge in [-0.15, -0.1) is 0 Å². The molecule has 0 aromatic rings. The molecule has 2 atom stereocenters. The van der Waals surface area contributed by atoms with Crippen LogP contribution in [0.25, 0.3) is 0 Å². The predicted octanol–water partition coefficient (Wildman–Crippen LogP) is 3.48. The summed E-state index contributed by atoms with van der Waals surface area (Å²) in [6, 6.07) is 0. The van der Waals surface area contributed by atoms with Crippen molar-refractivity contribution in [2.24, 2.45) is 11.8 Å². The first kappa shape index (κ1) is 16.7. The summed E-state index contributed by atoms with van der Waals surface area (Å²) in [5, 5.41) is 0. The van der Waals surface area contributed by atoms with Gasteiger partial charge in [0.25, 0.3) is 0 Å². The van der Waals surface area contributed by atoms with E-state index in [0.29, 0.717) is 31.9 Å². The zero-order valence-electron chi connectivity index (χ0n) is 13.0. The number of hydrogen-bond donors (Lipinski definition) is 0. The smallest absolute Gasteiger partial charge is 0.248 e. The van der Waals surface area contributed by atoms with Gasteiger partial charge in [0.1, 0.15) is 0 Å². The molecule has 1 saturated carbocycles. The molecule has 0 N–H and O–H groups in total. The van der Waals surface area contributed by atoms with Crippen LogP contribution in [0.15, 0.2) is 0 Å². The summed E-state index contributed by atoms with van der Waals surface area (Å²) in [6.45, 7) is 2.14. The number of halogens is 2. The first-order valence-electron chi connectivity index (χ1n) is 8.17. The van der Waals surface area contributed by atoms with Crippen LogP contribution in [0.3, 0.4) is 0 Å². The Morgan fingerprint density at radius 2 is 2.10 bits per heavy atom. The summed E-state index contributed by atoms with van der Waals surface area (Å²) in [6.07, 6.45) is 4.91. The van der Waals surface area contributed by atoms with Crippen molar-refractivity contribution in [2.45, 2.75) is 57.3 Å². The van der Waals surface area contributed by atoms with E-state index in [-0.39, 0.29) is 18.7 Å². The van der Waals surface area contributed by atoms with Crippen LogP contribution >= 0.6 is 0 Å². The molecule has 0 bridgehead atoms. The van der Waals surface area contributed by atoms with Crippen molar-refractivity contribution in [3.05, 3.63) is 0 Å². The molecule has 1 saturated heterocycles. The molecule has 2 rings (SSSR count). The first-order valence-corrected chi connectivity index (χ1v) is 8.17. The minimum absolute atomic E-state index is 0.0429. The van der Waals surface area contributed by atoms with Crippen molar-refractivity contribution in [1.29, 1.82) is 0 Å². The van der Waals surface area contributed by atoms with E-state index in [4.69, 9.17) is 4.74 Å². The van der Waals surface area contributed by atoms with E-state index in [9.17, 15) is 13.6 Å². The third-order valence-corrected chi connectivity index (χ3v) is 4.80. The molecule has 2 aliphatic rings. The molecule has 5 heteroatoms. The summed E-state index contributed by atoms with van der Waals surface area (Å²) in [4.78, 5) is 14.4. The van der Waals surface area contributed by atoms with Gasteiger partial charge in [-0.3, -0.25) is 4.79 Å². The largest absolute Gasteiger partial charge is 0.385 e. The Hall–Kier alpha value is -0.710. The average Bonchev–Trinajstić information content (AvgIpc) is 2.68. The van der Waals surface area contributed by atoms with Crippen LogP contribution in [0.2, 0.25) is 0 Å². The fourth-order valence-corrected chi connectivity index (χ4v) is 3.59. The van der Waals surface area contributed by atoms with Crippen molar-refractivity contribution < 1.29 is 18.3 Å². The summed E-state index contributed by atoms with van der Waals surface area (Å²) >= 11 is 0. The number of nitrogens with zero attached hydrogens (tertiary/aromatic N) is 1. The highest BCUT2D eigenvalue weighted by Gasteiger charge is 2.40. The summed E-state index contributed by atoms with van der Waals surface area (Å²) in [5.74, 6) is -2.73. The lowest BCUT2D eigenvalue weighted by atomic mass is 9.85. The van der Waals surface area contributed by atoms with Gasteiger partial charge in [0.05, 0.1) is 0 Å². The Kier molecular flexibility index (Phi) is 5.97. The molecular weight excluding hydrogens is 276 g/mol. The monoisotopic (exact) mass is 303 g/mol. The average molecular weight is 303 g/mol. The number of carbonyl (C=O) groups is 1. The summed E-state index contributed by atoms with van der Waals surface area (Å²) in [7, 11) is 1.68. The summed E-state index contributed by atoms with van der Waals surface area (Å²) in [5.41, 5.74) is 0. The highest BCUT2D eigenvalue weighted by atomic mass is 19.3. The van der Waals surface area contributed by atoms with Crippen molar-refractivity contribution in [1.82, 2.24) is 4.90 Å². The molecule has 2 fully saturated rings. The number of methoxy groups -OCH3 is 1. The SMILES string of the molecule is COCCC1CCCCN(C(=O)C2CCCC(F)(F)C2)C1. The van der Waals surface area contributed by atoms with Crippen LogP contribution in [0.5, 0.6) is 0 Å². The normalized spacial score (nSPS) is 30.0. The molecule has 0 radical (unpaired) electrons. The maximum Gasteiger partial charge on any atom is 0.248 e. The van der Waals surface area contributed by atoms with Gasteiger partial charge < -0.3 is 9.64 Å². The van der Waals surface area contributed by atoms with Gasteiger partial charge in [-0.05, 0) is 38.0 Å². The fourth-order valence-electron chi connectivity index (χ4n) is 3.59. The van der Waals surface area contributed by atoms with Crippen molar-refractivity contribution in [2.75, 3.05) is 26.8 Å². The van der Waals surface area contributed by atoms with E-state index in [0.717, 1.165) is 32.2 Å². The zero-order chi connectivity index (χ0) is 15.3. The van der Waals surface area contributed by atoms with Gasteiger partial charge in [0, 0.05) is 45.6 Å².